The van der Waals surface area contributed by atoms with Crippen molar-refractivity contribution in [1.29, 1.82) is 0 Å². The quantitative estimate of drug-likeness (QED) is 0.635. The van der Waals surface area contributed by atoms with Crippen LogP contribution in [-0.4, -0.2) is 11.3 Å². The average Bonchev–Trinajstić information content (AvgIpc) is 2.38. The molecule has 3 heteroatoms. The number of benzene rings is 2. The van der Waals surface area contributed by atoms with Crippen molar-refractivity contribution >= 4 is 6.16 Å². The lowest BCUT2D eigenvalue weighted by Gasteiger charge is -2.19. The van der Waals surface area contributed by atoms with Crippen LogP contribution in [0.2, 0.25) is 0 Å². The Bertz CT molecular complexity index is 590. The highest BCUT2D eigenvalue weighted by molar-refractivity contribution is 5.66. The fourth-order valence-electron chi connectivity index (χ4n) is 1.98. The maximum absolute atomic E-state index is 10.4. The average molecular weight is 270 g/mol. The predicted octanol–water partition coefficient (Wildman–Crippen LogP) is 4.71. The van der Waals surface area contributed by atoms with Gasteiger partial charge in [0.2, 0.25) is 0 Å². The Morgan fingerprint density at radius 1 is 0.900 bits per heavy atom. The molecule has 0 saturated heterocycles. The lowest BCUT2D eigenvalue weighted by atomic mass is 9.86. The largest absolute Gasteiger partial charge is 0.511 e. The molecule has 0 unspecified atom stereocenters. The minimum Gasteiger partial charge on any atom is -0.449 e. The van der Waals surface area contributed by atoms with Crippen LogP contribution >= 0.6 is 0 Å². The van der Waals surface area contributed by atoms with E-state index in [0.29, 0.717) is 5.75 Å². The van der Waals surface area contributed by atoms with Crippen LogP contribution in [0.4, 0.5) is 4.79 Å². The predicted molar refractivity (Wildman–Crippen MR) is 79.2 cm³/mol. The molecule has 0 heterocycles. The molecular weight excluding hydrogens is 252 g/mol. The number of hydrogen-bond donors (Lipinski definition) is 1. The molecule has 0 atom stereocenters. The van der Waals surface area contributed by atoms with Crippen LogP contribution in [0.5, 0.6) is 5.75 Å². The van der Waals surface area contributed by atoms with Crippen LogP contribution in [0, 0.1) is 0 Å². The summed E-state index contributed by atoms with van der Waals surface area (Å²) in [5.41, 5.74) is 3.55. The second kappa shape index (κ2) is 5.37. The third-order valence-electron chi connectivity index (χ3n) is 3.14. The minimum atomic E-state index is -1.30. The summed E-state index contributed by atoms with van der Waals surface area (Å²) in [6.07, 6.45) is -1.30. The lowest BCUT2D eigenvalue weighted by Crippen LogP contribution is -2.10. The molecule has 1 N–H and O–H groups in total. The first-order valence-electron chi connectivity index (χ1n) is 6.48. The smallest absolute Gasteiger partial charge is 0.449 e. The van der Waals surface area contributed by atoms with Gasteiger partial charge in [0.25, 0.3) is 0 Å². The zero-order valence-electron chi connectivity index (χ0n) is 11.9. The van der Waals surface area contributed by atoms with Gasteiger partial charge in [-0.1, -0.05) is 57.2 Å². The Kier molecular flexibility index (Phi) is 3.79. The Labute approximate surface area is 118 Å². The van der Waals surface area contributed by atoms with Gasteiger partial charge in [-0.3, -0.25) is 0 Å². The minimum absolute atomic E-state index is 0.137. The fraction of sp³-hybridized carbons (Fsp3) is 0.235. The van der Waals surface area contributed by atoms with Crippen molar-refractivity contribution in [3.63, 3.8) is 0 Å². The third-order valence-corrected chi connectivity index (χ3v) is 3.14. The third kappa shape index (κ3) is 3.38. The summed E-state index contributed by atoms with van der Waals surface area (Å²) in [6.45, 7) is 6.54. The maximum atomic E-state index is 10.4. The van der Waals surface area contributed by atoms with E-state index in [0.717, 1.165) is 11.1 Å². The molecule has 0 radical (unpaired) electrons. The van der Waals surface area contributed by atoms with Crippen molar-refractivity contribution < 1.29 is 14.6 Å². The molecule has 0 aromatic heterocycles. The van der Waals surface area contributed by atoms with Gasteiger partial charge in [0, 0.05) is 0 Å². The van der Waals surface area contributed by atoms with Crippen LogP contribution < -0.4 is 4.74 Å². The summed E-state index contributed by atoms with van der Waals surface area (Å²) in [6, 6.07) is 15.4. The van der Waals surface area contributed by atoms with E-state index in [1.54, 1.807) is 12.1 Å². The van der Waals surface area contributed by atoms with E-state index in [9.17, 15) is 4.79 Å². The van der Waals surface area contributed by atoms with Crippen molar-refractivity contribution in [3.05, 3.63) is 54.1 Å². The molecule has 20 heavy (non-hydrogen) atoms. The Balaban J connectivity index is 2.21. The Hall–Kier alpha value is -2.29. The summed E-state index contributed by atoms with van der Waals surface area (Å²) >= 11 is 0. The molecule has 104 valence electrons. The molecule has 0 bridgehead atoms. The van der Waals surface area contributed by atoms with Gasteiger partial charge < -0.3 is 9.84 Å². The van der Waals surface area contributed by atoms with E-state index in [1.165, 1.54) is 5.56 Å². The van der Waals surface area contributed by atoms with Gasteiger partial charge in [-0.2, -0.15) is 0 Å². The molecule has 0 aliphatic rings. The second-order valence-corrected chi connectivity index (χ2v) is 5.72. The molecule has 2 aromatic carbocycles. The van der Waals surface area contributed by atoms with E-state index in [1.807, 2.05) is 12.1 Å². The van der Waals surface area contributed by atoms with Crippen molar-refractivity contribution in [3.8, 4) is 16.9 Å². The van der Waals surface area contributed by atoms with Crippen LogP contribution in [0.15, 0.2) is 48.5 Å². The number of carbonyl (C=O) groups is 1. The summed E-state index contributed by atoms with van der Waals surface area (Å²) in [5, 5.41) is 8.54. The van der Waals surface area contributed by atoms with E-state index in [2.05, 4.69) is 49.8 Å². The highest BCUT2D eigenvalue weighted by Crippen LogP contribution is 2.27. The van der Waals surface area contributed by atoms with Crippen molar-refractivity contribution in [1.82, 2.24) is 0 Å². The summed E-state index contributed by atoms with van der Waals surface area (Å²) in [4.78, 5) is 10.4. The fourth-order valence-corrected chi connectivity index (χ4v) is 1.98. The Morgan fingerprint density at radius 2 is 1.35 bits per heavy atom. The maximum Gasteiger partial charge on any atom is 0.511 e. The highest BCUT2D eigenvalue weighted by atomic mass is 16.7. The van der Waals surface area contributed by atoms with E-state index < -0.39 is 6.16 Å². The SMILES string of the molecule is CC(C)(C)c1ccc(-c2ccc(OC(=O)O)cc2)cc1. The van der Waals surface area contributed by atoms with E-state index in [-0.39, 0.29) is 5.41 Å². The molecule has 0 saturated carbocycles. The van der Waals surface area contributed by atoms with Crippen molar-refractivity contribution in [2.75, 3.05) is 0 Å². The van der Waals surface area contributed by atoms with Crippen LogP contribution in [-0.2, 0) is 5.41 Å². The first-order chi connectivity index (χ1) is 9.36. The molecule has 0 spiro atoms. The van der Waals surface area contributed by atoms with Gasteiger partial charge in [0.15, 0.2) is 0 Å². The lowest BCUT2D eigenvalue weighted by molar-refractivity contribution is 0.144. The van der Waals surface area contributed by atoms with Gasteiger partial charge in [0.05, 0.1) is 0 Å². The van der Waals surface area contributed by atoms with Crippen LogP contribution in [0.3, 0.4) is 0 Å². The van der Waals surface area contributed by atoms with Crippen molar-refractivity contribution in [2.45, 2.75) is 26.2 Å². The molecular formula is C17H18O3. The van der Waals surface area contributed by atoms with Crippen LogP contribution in [0.25, 0.3) is 11.1 Å². The standard InChI is InChI=1S/C17H18O3/c1-17(2,3)14-8-4-12(5-9-14)13-6-10-15(11-7-13)20-16(18)19/h4-11H,1-3H3,(H,18,19). The molecule has 0 fully saturated rings. The number of hydrogen-bond acceptors (Lipinski definition) is 2. The summed E-state index contributed by atoms with van der Waals surface area (Å²) < 4.78 is 4.59. The molecule has 0 aliphatic heterocycles. The monoisotopic (exact) mass is 270 g/mol. The van der Waals surface area contributed by atoms with Gasteiger partial charge in [-0.15, -0.1) is 0 Å². The zero-order valence-corrected chi connectivity index (χ0v) is 11.9. The van der Waals surface area contributed by atoms with Crippen LogP contribution in [0.1, 0.15) is 26.3 Å². The molecule has 0 amide bonds. The highest BCUT2D eigenvalue weighted by Gasteiger charge is 2.13. The normalized spacial score (nSPS) is 11.2. The molecule has 3 nitrogen and oxygen atoms in total. The molecule has 0 aliphatic carbocycles. The first kappa shape index (κ1) is 14.1. The second-order valence-electron chi connectivity index (χ2n) is 5.72. The molecule has 2 rings (SSSR count). The van der Waals surface area contributed by atoms with E-state index >= 15 is 0 Å². The van der Waals surface area contributed by atoms with Gasteiger partial charge in [-0.05, 0) is 34.2 Å². The summed E-state index contributed by atoms with van der Waals surface area (Å²) in [5.74, 6) is 0.326. The van der Waals surface area contributed by atoms with Crippen molar-refractivity contribution in [2.24, 2.45) is 0 Å². The van der Waals surface area contributed by atoms with Gasteiger partial charge in [0.1, 0.15) is 5.75 Å². The number of carboxylic acid groups (broad SMARTS) is 1. The summed E-state index contributed by atoms with van der Waals surface area (Å²) in [7, 11) is 0. The first-order valence-corrected chi connectivity index (χ1v) is 6.48. The van der Waals surface area contributed by atoms with Gasteiger partial charge >= 0.3 is 6.16 Å². The number of rotatable bonds is 2. The number of ether oxygens (including phenoxy) is 1. The molecule has 2 aromatic rings. The zero-order chi connectivity index (χ0) is 14.8. The Morgan fingerprint density at radius 3 is 1.75 bits per heavy atom. The topological polar surface area (TPSA) is 46.5 Å². The van der Waals surface area contributed by atoms with Gasteiger partial charge in [-0.25, -0.2) is 4.79 Å². The van der Waals surface area contributed by atoms with E-state index in [4.69, 9.17) is 5.11 Å².